The summed E-state index contributed by atoms with van der Waals surface area (Å²) in [4.78, 5) is 16.9. The van der Waals surface area contributed by atoms with Crippen LogP contribution in [0.5, 0.6) is 5.75 Å². The van der Waals surface area contributed by atoms with E-state index in [9.17, 15) is 9.90 Å². The van der Waals surface area contributed by atoms with E-state index in [0.29, 0.717) is 16.6 Å². The lowest BCUT2D eigenvalue weighted by Gasteiger charge is -1.97. The predicted octanol–water partition coefficient (Wildman–Crippen LogP) is 3.15. The molecule has 0 radical (unpaired) electrons. The molecular weight excluding hydrogens is 296 g/mol. The lowest BCUT2D eigenvalue weighted by atomic mass is 10.2. The predicted molar refractivity (Wildman–Crippen MR) is 89.4 cm³/mol. The summed E-state index contributed by atoms with van der Waals surface area (Å²) in [6.45, 7) is 0.531. The van der Waals surface area contributed by atoms with E-state index >= 15 is 0 Å². The van der Waals surface area contributed by atoms with Gasteiger partial charge in [-0.15, -0.1) is 0 Å². The second-order valence-electron chi connectivity index (χ2n) is 4.77. The standard InChI is InChI=1S/C17H14N2O2S/c20-14-8-4-7-13(9-14)10-15-16(21)19-17(22-15)18-11-12-5-2-1-3-6-12/h1-10,20H,11H2,(H,18,19,21)/b15-10+. The molecular formula is C17H14N2O2S. The van der Waals surface area contributed by atoms with Crippen LogP contribution in [-0.4, -0.2) is 16.2 Å². The molecule has 0 saturated carbocycles. The first kappa shape index (κ1) is 14.4. The number of phenols is 1. The fourth-order valence-corrected chi connectivity index (χ4v) is 2.83. The Morgan fingerprint density at radius 2 is 1.95 bits per heavy atom. The second-order valence-corrected chi connectivity index (χ2v) is 5.80. The summed E-state index contributed by atoms with van der Waals surface area (Å²) in [6, 6.07) is 16.6. The third-order valence-electron chi connectivity index (χ3n) is 3.07. The number of aromatic hydroxyl groups is 1. The highest BCUT2D eigenvalue weighted by atomic mass is 32.2. The maximum Gasteiger partial charge on any atom is 0.264 e. The van der Waals surface area contributed by atoms with Crippen LogP contribution in [0.1, 0.15) is 11.1 Å². The normalized spacial score (nSPS) is 17.9. The zero-order valence-electron chi connectivity index (χ0n) is 11.7. The average molecular weight is 310 g/mol. The molecule has 1 fully saturated rings. The van der Waals surface area contributed by atoms with E-state index in [-0.39, 0.29) is 11.7 Å². The van der Waals surface area contributed by atoms with Gasteiger partial charge in [-0.1, -0.05) is 42.5 Å². The maximum absolute atomic E-state index is 11.9. The van der Waals surface area contributed by atoms with Crippen molar-refractivity contribution in [2.45, 2.75) is 6.54 Å². The topological polar surface area (TPSA) is 61.7 Å². The van der Waals surface area contributed by atoms with Crippen molar-refractivity contribution in [2.75, 3.05) is 0 Å². The van der Waals surface area contributed by atoms with Gasteiger partial charge >= 0.3 is 0 Å². The number of hydrogen-bond acceptors (Lipinski definition) is 4. The average Bonchev–Trinajstić information content (AvgIpc) is 2.86. The molecule has 2 N–H and O–H groups in total. The summed E-state index contributed by atoms with van der Waals surface area (Å²) >= 11 is 1.31. The van der Waals surface area contributed by atoms with Crippen molar-refractivity contribution in [3.05, 3.63) is 70.6 Å². The van der Waals surface area contributed by atoms with Gasteiger partial charge in [-0.25, -0.2) is 0 Å². The summed E-state index contributed by atoms with van der Waals surface area (Å²) in [7, 11) is 0. The van der Waals surface area contributed by atoms with Gasteiger partial charge in [0.25, 0.3) is 5.91 Å². The van der Waals surface area contributed by atoms with Crippen LogP contribution in [-0.2, 0) is 11.3 Å². The Morgan fingerprint density at radius 1 is 1.14 bits per heavy atom. The highest BCUT2D eigenvalue weighted by molar-refractivity contribution is 8.18. The molecule has 4 nitrogen and oxygen atoms in total. The van der Waals surface area contributed by atoms with E-state index < -0.39 is 0 Å². The number of aliphatic imine (C=N–C) groups is 1. The van der Waals surface area contributed by atoms with Crippen molar-refractivity contribution < 1.29 is 9.90 Å². The molecule has 0 aliphatic carbocycles. The minimum Gasteiger partial charge on any atom is -0.508 e. The molecule has 1 heterocycles. The quantitative estimate of drug-likeness (QED) is 0.856. The van der Waals surface area contributed by atoms with Crippen LogP contribution in [0.2, 0.25) is 0 Å². The van der Waals surface area contributed by atoms with Crippen LogP contribution in [0, 0.1) is 0 Å². The van der Waals surface area contributed by atoms with Crippen molar-refractivity contribution in [3.63, 3.8) is 0 Å². The summed E-state index contributed by atoms with van der Waals surface area (Å²) in [5, 5.41) is 12.8. The number of nitrogens with zero attached hydrogens (tertiary/aromatic N) is 1. The van der Waals surface area contributed by atoms with Crippen LogP contribution >= 0.6 is 11.8 Å². The van der Waals surface area contributed by atoms with Gasteiger partial charge in [0.1, 0.15) is 5.75 Å². The first-order valence-corrected chi connectivity index (χ1v) is 7.61. The van der Waals surface area contributed by atoms with E-state index in [1.54, 1.807) is 24.3 Å². The monoisotopic (exact) mass is 310 g/mol. The number of hydrogen-bond donors (Lipinski definition) is 2. The molecule has 1 aliphatic rings. The molecule has 3 rings (SSSR count). The molecule has 1 aliphatic heterocycles. The summed E-state index contributed by atoms with van der Waals surface area (Å²) in [5.41, 5.74) is 1.87. The number of carbonyl (C=O) groups is 1. The van der Waals surface area contributed by atoms with Crippen molar-refractivity contribution in [1.29, 1.82) is 0 Å². The van der Waals surface area contributed by atoms with Crippen LogP contribution in [0.3, 0.4) is 0 Å². The van der Waals surface area contributed by atoms with Gasteiger partial charge in [-0.3, -0.25) is 9.79 Å². The number of benzene rings is 2. The second kappa shape index (κ2) is 6.49. The molecule has 0 unspecified atom stereocenters. The number of amidine groups is 1. The van der Waals surface area contributed by atoms with E-state index in [4.69, 9.17) is 0 Å². The zero-order chi connectivity index (χ0) is 15.4. The van der Waals surface area contributed by atoms with Gasteiger partial charge in [0, 0.05) is 0 Å². The molecule has 2 aromatic carbocycles. The van der Waals surface area contributed by atoms with Crippen molar-refractivity contribution in [1.82, 2.24) is 5.32 Å². The summed E-state index contributed by atoms with van der Waals surface area (Å²) in [6.07, 6.45) is 1.74. The van der Waals surface area contributed by atoms with Gasteiger partial charge in [-0.2, -0.15) is 0 Å². The number of carbonyl (C=O) groups excluding carboxylic acids is 1. The molecule has 0 spiro atoms. The zero-order valence-corrected chi connectivity index (χ0v) is 12.5. The van der Waals surface area contributed by atoms with Gasteiger partial charge in [0.2, 0.25) is 0 Å². The van der Waals surface area contributed by atoms with Crippen LogP contribution < -0.4 is 5.32 Å². The fraction of sp³-hybridized carbons (Fsp3) is 0.0588. The number of amides is 1. The van der Waals surface area contributed by atoms with Crippen LogP contribution in [0.4, 0.5) is 0 Å². The highest BCUT2D eigenvalue weighted by Crippen LogP contribution is 2.27. The van der Waals surface area contributed by atoms with Gasteiger partial charge < -0.3 is 10.4 Å². The Labute approximate surface area is 132 Å². The summed E-state index contributed by atoms with van der Waals surface area (Å²) in [5.74, 6) is 0.0101. The number of rotatable bonds is 3. The first-order chi connectivity index (χ1) is 10.7. The lowest BCUT2D eigenvalue weighted by molar-refractivity contribution is -0.115. The van der Waals surface area contributed by atoms with Crippen molar-refractivity contribution >= 4 is 28.9 Å². The Balaban J connectivity index is 1.73. The van der Waals surface area contributed by atoms with Gasteiger partial charge in [-0.05, 0) is 41.1 Å². The smallest absolute Gasteiger partial charge is 0.264 e. The Morgan fingerprint density at radius 3 is 2.73 bits per heavy atom. The maximum atomic E-state index is 11.9. The van der Waals surface area contributed by atoms with Crippen LogP contribution in [0.15, 0.2) is 64.5 Å². The molecule has 22 heavy (non-hydrogen) atoms. The van der Waals surface area contributed by atoms with Crippen molar-refractivity contribution in [3.8, 4) is 5.75 Å². The Hall–Kier alpha value is -2.53. The lowest BCUT2D eigenvalue weighted by Crippen LogP contribution is -2.19. The molecule has 110 valence electrons. The SMILES string of the molecule is O=C1NC(=NCc2ccccc2)S/C1=C/c1cccc(O)c1. The van der Waals surface area contributed by atoms with Gasteiger partial charge in [0.05, 0.1) is 11.4 Å². The third kappa shape index (κ3) is 3.56. The largest absolute Gasteiger partial charge is 0.508 e. The fourth-order valence-electron chi connectivity index (χ4n) is 2.01. The van der Waals surface area contributed by atoms with E-state index in [1.807, 2.05) is 36.4 Å². The van der Waals surface area contributed by atoms with E-state index in [1.165, 1.54) is 11.8 Å². The number of phenolic OH excluding ortho intramolecular Hbond substituents is 1. The molecule has 5 heteroatoms. The molecule has 1 saturated heterocycles. The minimum absolute atomic E-state index is 0.167. The Kier molecular flexibility index (Phi) is 4.25. The molecule has 1 amide bonds. The van der Waals surface area contributed by atoms with Crippen molar-refractivity contribution in [2.24, 2.45) is 4.99 Å². The van der Waals surface area contributed by atoms with E-state index in [2.05, 4.69) is 10.3 Å². The molecule has 0 atom stereocenters. The molecule has 0 aromatic heterocycles. The third-order valence-corrected chi connectivity index (χ3v) is 4.01. The molecule has 0 bridgehead atoms. The first-order valence-electron chi connectivity index (χ1n) is 6.79. The Bertz CT molecular complexity index is 754. The number of nitrogens with one attached hydrogen (secondary N) is 1. The van der Waals surface area contributed by atoms with Crippen LogP contribution in [0.25, 0.3) is 6.08 Å². The van der Waals surface area contributed by atoms with E-state index in [0.717, 1.165) is 11.1 Å². The molecule has 2 aromatic rings. The highest BCUT2D eigenvalue weighted by Gasteiger charge is 2.23. The summed E-state index contributed by atoms with van der Waals surface area (Å²) < 4.78 is 0. The van der Waals surface area contributed by atoms with Gasteiger partial charge in [0.15, 0.2) is 5.17 Å². The minimum atomic E-state index is -0.167. The number of thioether (sulfide) groups is 1.